The molecule has 2 heterocycles. The number of carbonyl (C=O) groups excluding carboxylic acids is 1. The standard InChI is InChI=1S/C11H16O6/c1-4-6-3-5(12)7(13)11(4)8(16-6)10(2,15)17-9(11)14/h4-8,12-13,15H,3H2,1-2H3/t4-,5+,6+,7+,8-,10?,11+/m1/s1. The molecule has 1 aliphatic carbocycles. The number of hydrogen-bond donors (Lipinski definition) is 3. The van der Waals surface area contributed by atoms with Crippen molar-refractivity contribution < 1.29 is 29.6 Å². The Balaban J connectivity index is 2.15. The van der Waals surface area contributed by atoms with Gasteiger partial charge in [-0.3, -0.25) is 4.79 Å². The van der Waals surface area contributed by atoms with Gasteiger partial charge in [-0.1, -0.05) is 6.92 Å². The average molecular weight is 244 g/mol. The zero-order valence-corrected chi connectivity index (χ0v) is 9.66. The van der Waals surface area contributed by atoms with Crippen LogP contribution < -0.4 is 0 Å². The lowest BCUT2D eigenvalue weighted by Gasteiger charge is -2.40. The number of rotatable bonds is 0. The first-order valence-electron chi connectivity index (χ1n) is 5.79. The number of carbonyl (C=O) groups is 1. The molecule has 2 bridgehead atoms. The summed E-state index contributed by atoms with van der Waals surface area (Å²) in [6.45, 7) is 3.12. The highest BCUT2D eigenvalue weighted by molar-refractivity contribution is 5.83. The highest BCUT2D eigenvalue weighted by atomic mass is 16.7. The number of hydrogen-bond acceptors (Lipinski definition) is 6. The Labute approximate surface area is 98.1 Å². The minimum Gasteiger partial charge on any atom is -0.430 e. The monoisotopic (exact) mass is 244 g/mol. The zero-order chi connectivity index (χ0) is 12.6. The molecule has 7 atom stereocenters. The van der Waals surface area contributed by atoms with Crippen molar-refractivity contribution in [3.8, 4) is 0 Å². The van der Waals surface area contributed by atoms with Gasteiger partial charge in [0.05, 0.1) is 18.3 Å². The van der Waals surface area contributed by atoms with E-state index in [1.54, 1.807) is 6.92 Å². The van der Waals surface area contributed by atoms with E-state index in [-0.39, 0.29) is 18.4 Å². The van der Waals surface area contributed by atoms with Crippen LogP contribution in [0.1, 0.15) is 20.3 Å². The van der Waals surface area contributed by atoms with Gasteiger partial charge in [-0.25, -0.2) is 0 Å². The molecule has 3 fully saturated rings. The van der Waals surface area contributed by atoms with Gasteiger partial charge in [0.25, 0.3) is 0 Å². The van der Waals surface area contributed by atoms with Crippen molar-refractivity contribution in [3.05, 3.63) is 0 Å². The first-order valence-corrected chi connectivity index (χ1v) is 5.79. The second kappa shape index (κ2) is 3.00. The summed E-state index contributed by atoms with van der Waals surface area (Å²) in [7, 11) is 0. The summed E-state index contributed by atoms with van der Waals surface area (Å²) in [5.74, 6) is -2.72. The fourth-order valence-electron chi connectivity index (χ4n) is 3.63. The summed E-state index contributed by atoms with van der Waals surface area (Å²) < 4.78 is 10.5. The molecule has 17 heavy (non-hydrogen) atoms. The molecule has 0 aromatic carbocycles. The molecule has 3 N–H and O–H groups in total. The quantitative estimate of drug-likeness (QED) is 0.462. The van der Waals surface area contributed by atoms with Crippen molar-refractivity contribution >= 4 is 5.97 Å². The van der Waals surface area contributed by atoms with Crippen LogP contribution in [0.2, 0.25) is 0 Å². The molecule has 3 aliphatic rings. The number of esters is 1. The Morgan fingerprint density at radius 1 is 1.41 bits per heavy atom. The normalized spacial score (nSPS) is 61.2. The smallest absolute Gasteiger partial charge is 0.320 e. The van der Waals surface area contributed by atoms with E-state index in [4.69, 9.17) is 9.47 Å². The van der Waals surface area contributed by atoms with E-state index in [1.807, 2.05) is 0 Å². The van der Waals surface area contributed by atoms with Crippen LogP contribution in [-0.2, 0) is 14.3 Å². The lowest BCUT2D eigenvalue weighted by molar-refractivity contribution is -0.217. The van der Waals surface area contributed by atoms with Crippen LogP contribution in [0.5, 0.6) is 0 Å². The molecule has 1 unspecified atom stereocenters. The van der Waals surface area contributed by atoms with Gasteiger partial charge in [-0.2, -0.15) is 0 Å². The van der Waals surface area contributed by atoms with Crippen LogP contribution in [0.3, 0.4) is 0 Å². The van der Waals surface area contributed by atoms with E-state index < -0.39 is 35.5 Å². The molecule has 0 aromatic rings. The summed E-state index contributed by atoms with van der Waals surface area (Å²) in [5, 5.41) is 30.0. The SMILES string of the molecule is C[C@@H]1[C@@H]2C[C@H](O)[C@H](O)[C@@]13C(=O)OC(C)(O)[C@H]3O2. The number of ether oxygens (including phenoxy) is 2. The van der Waals surface area contributed by atoms with Gasteiger partial charge < -0.3 is 24.8 Å². The van der Waals surface area contributed by atoms with Gasteiger partial charge in [-0.05, 0) is 0 Å². The first kappa shape index (κ1) is 11.4. The Kier molecular flexibility index (Phi) is 2.01. The third-order valence-electron chi connectivity index (χ3n) is 4.52. The molecule has 1 saturated carbocycles. The molecular formula is C11H16O6. The zero-order valence-electron chi connectivity index (χ0n) is 9.66. The van der Waals surface area contributed by atoms with Crippen molar-refractivity contribution in [1.29, 1.82) is 0 Å². The second-order valence-electron chi connectivity index (χ2n) is 5.47. The predicted octanol–water partition coefficient (Wildman–Crippen LogP) is -1.23. The number of aliphatic hydroxyl groups is 3. The predicted molar refractivity (Wildman–Crippen MR) is 53.6 cm³/mol. The molecule has 2 aliphatic heterocycles. The second-order valence-corrected chi connectivity index (χ2v) is 5.47. The van der Waals surface area contributed by atoms with Crippen LogP contribution in [0.4, 0.5) is 0 Å². The number of fused-ring (bicyclic) bond motifs is 1. The fourth-order valence-corrected chi connectivity index (χ4v) is 3.63. The van der Waals surface area contributed by atoms with E-state index in [0.717, 1.165) is 0 Å². The summed E-state index contributed by atoms with van der Waals surface area (Å²) in [5.41, 5.74) is -1.34. The highest BCUT2D eigenvalue weighted by Gasteiger charge is 2.77. The first-order chi connectivity index (χ1) is 7.81. The van der Waals surface area contributed by atoms with Crippen molar-refractivity contribution in [1.82, 2.24) is 0 Å². The van der Waals surface area contributed by atoms with Gasteiger partial charge in [0.15, 0.2) is 0 Å². The maximum absolute atomic E-state index is 12.0. The van der Waals surface area contributed by atoms with E-state index >= 15 is 0 Å². The molecule has 6 heteroatoms. The molecule has 6 nitrogen and oxygen atoms in total. The van der Waals surface area contributed by atoms with E-state index in [9.17, 15) is 20.1 Å². The maximum atomic E-state index is 12.0. The minimum atomic E-state index is -1.74. The lowest BCUT2D eigenvalue weighted by Crippen LogP contribution is -2.58. The largest absolute Gasteiger partial charge is 0.430 e. The van der Waals surface area contributed by atoms with Gasteiger partial charge in [-0.15, -0.1) is 0 Å². The molecule has 0 radical (unpaired) electrons. The van der Waals surface area contributed by atoms with Crippen LogP contribution in [0.25, 0.3) is 0 Å². The van der Waals surface area contributed by atoms with Gasteiger partial charge in [0.1, 0.15) is 11.5 Å². The third-order valence-corrected chi connectivity index (χ3v) is 4.52. The third kappa shape index (κ3) is 1.07. The summed E-state index contributed by atoms with van der Waals surface area (Å²) in [6.07, 6.45) is -3.28. The molecule has 3 rings (SSSR count). The Hall–Kier alpha value is -0.690. The topological polar surface area (TPSA) is 96.2 Å². The number of aliphatic hydroxyl groups excluding tert-OH is 2. The van der Waals surface area contributed by atoms with E-state index in [2.05, 4.69) is 0 Å². The van der Waals surface area contributed by atoms with Gasteiger partial charge in [0.2, 0.25) is 5.79 Å². The van der Waals surface area contributed by atoms with Crippen LogP contribution in [0, 0.1) is 11.3 Å². The molecule has 0 aromatic heterocycles. The molecule has 2 saturated heterocycles. The Bertz CT molecular complexity index is 380. The average Bonchev–Trinajstić information content (AvgIpc) is 2.55. The van der Waals surface area contributed by atoms with Crippen molar-refractivity contribution in [2.75, 3.05) is 0 Å². The maximum Gasteiger partial charge on any atom is 0.320 e. The summed E-state index contributed by atoms with van der Waals surface area (Å²) in [4.78, 5) is 12.0. The van der Waals surface area contributed by atoms with Crippen molar-refractivity contribution in [2.45, 2.75) is 50.5 Å². The highest BCUT2D eigenvalue weighted by Crippen LogP contribution is 2.59. The van der Waals surface area contributed by atoms with Gasteiger partial charge >= 0.3 is 5.97 Å². The Morgan fingerprint density at radius 3 is 2.71 bits per heavy atom. The van der Waals surface area contributed by atoms with Gasteiger partial charge in [0, 0.05) is 19.3 Å². The molecular weight excluding hydrogens is 228 g/mol. The van der Waals surface area contributed by atoms with Crippen LogP contribution in [-0.4, -0.2) is 51.5 Å². The fraction of sp³-hybridized carbons (Fsp3) is 0.909. The summed E-state index contributed by atoms with van der Waals surface area (Å²) >= 11 is 0. The number of cyclic esters (lactones) is 1. The van der Waals surface area contributed by atoms with E-state index in [0.29, 0.717) is 0 Å². The van der Waals surface area contributed by atoms with Crippen LogP contribution >= 0.6 is 0 Å². The minimum absolute atomic E-state index is 0.268. The van der Waals surface area contributed by atoms with Crippen molar-refractivity contribution in [2.24, 2.45) is 11.3 Å². The van der Waals surface area contributed by atoms with Crippen LogP contribution in [0.15, 0.2) is 0 Å². The van der Waals surface area contributed by atoms with Crippen molar-refractivity contribution in [3.63, 3.8) is 0 Å². The molecule has 1 spiro atoms. The Morgan fingerprint density at radius 2 is 2.06 bits per heavy atom. The lowest BCUT2D eigenvalue weighted by atomic mass is 9.62. The molecule has 0 amide bonds. The van der Waals surface area contributed by atoms with E-state index in [1.165, 1.54) is 6.92 Å². The summed E-state index contributed by atoms with van der Waals surface area (Å²) in [6, 6.07) is 0. The molecule has 96 valence electrons.